The van der Waals surface area contributed by atoms with E-state index in [0.717, 1.165) is 11.3 Å². The fraction of sp³-hybridized carbons (Fsp3) is 0.222. The number of halogens is 1. The van der Waals surface area contributed by atoms with Gasteiger partial charge in [0.15, 0.2) is 0 Å². The molecule has 0 saturated carbocycles. The van der Waals surface area contributed by atoms with Crippen molar-refractivity contribution < 1.29 is 0 Å². The van der Waals surface area contributed by atoms with Crippen molar-refractivity contribution in [2.45, 2.75) is 5.75 Å². The zero-order valence-electron chi connectivity index (χ0n) is 6.67. The van der Waals surface area contributed by atoms with E-state index in [4.69, 9.17) is 16.9 Å². The second-order valence-electron chi connectivity index (χ2n) is 2.31. The van der Waals surface area contributed by atoms with Gasteiger partial charge in [0.25, 0.3) is 0 Å². The van der Waals surface area contributed by atoms with Gasteiger partial charge in [-0.15, -0.1) is 0 Å². The minimum absolute atomic E-state index is 0.678. The number of nitriles is 1. The molecule has 0 fully saturated rings. The van der Waals surface area contributed by atoms with Crippen LogP contribution in [0, 0.1) is 11.3 Å². The van der Waals surface area contributed by atoms with Crippen LogP contribution in [-0.4, -0.2) is 6.26 Å². The standard InChI is InChI=1S/C9H8ClNS/c1-12-6-8-7(5-11)3-2-4-9(8)10/h2-4H,6H2,1H3. The Morgan fingerprint density at radius 3 is 2.92 bits per heavy atom. The van der Waals surface area contributed by atoms with Crippen molar-refractivity contribution in [1.29, 1.82) is 5.26 Å². The Kier molecular flexibility index (Phi) is 3.46. The van der Waals surface area contributed by atoms with Crippen molar-refractivity contribution in [3.63, 3.8) is 0 Å². The molecule has 62 valence electrons. The van der Waals surface area contributed by atoms with Crippen molar-refractivity contribution in [1.82, 2.24) is 0 Å². The highest BCUT2D eigenvalue weighted by Crippen LogP contribution is 2.23. The van der Waals surface area contributed by atoms with Crippen LogP contribution in [0.15, 0.2) is 18.2 Å². The predicted octanol–water partition coefficient (Wildman–Crippen LogP) is 3.07. The Balaban J connectivity index is 3.13. The van der Waals surface area contributed by atoms with Crippen molar-refractivity contribution in [2.24, 2.45) is 0 Å². The lowest BCUT2D eigenvalue weighted by atomic mass is 10.1. The third-order valence-electron chi connectivity index (χ3n) is 1.53. The average molecular weight is 198 g/mol. The molecule has 1 nitrogen and oxygen atoms in total. The minimum Gasteiger partial charge on any atom is -0.192 e. The normalized spacial score (nSPS) is 9.42. The van der Waals surface area contributed by atoms with Crippen LogP contribution in [0.25, 0.3) is 0 Å². The summed E-state index contributed by atoms with van der Waals surface area (Å²) < 4.78 is 0. The molecule has 0 aromatic heterocycles. The Bertz CT molecular complexity index is 317. The zero-order valence-corrected chi connectivity index (χ0v) is 8.25. The van der Waals surface area contributed by atoms with Gasteiger partial charge in [0.05, 0.1) is 11.6 Å². The second-order valence-corrected chi connectivity index (χ2v) is 3.58. The van der Waals surface area contributed by atoms with E-state index in [0.29, 0.717) is 10.6 Å². The van der Waals surface area contributed by atoms with E-state index in [1.54, 1.807) is 23.9 Å². The summed E-state index contributed by atoms with van der Waals surface area (Å²) in [5, 5.41) is 9.44. The smallest absolute Gasteiger partial charge is 0.0995 e. The fourth-order valence-electron chi connectivity index (χ4n) is 0.954. The first-order chi connectivity index (χ1) is 5.79. The van der Waals surface area contributed by atoms with E-state index < -0.39 is 0 Å². The lowest BCUT2D eigenvalue weighted by Crippen LogP contribution is -1.87. The van der Waals surface area contributed by atoms with Gasteiger partial charge < -0.3 is 0 Å². The molecule has 12 heavy (non-hydrogen) atoms. The highest BCUT2D eigenvalue weighted by Gasteiger charge is 2.04. The van der Waals surface area contributed by atoms with Gasteiger partial charge in [-0.25, -0.2) is 0 Å². The molecule has 0 aliphatic carbocycles. The molecule has 3 heteroatoms. The van der Waals surface area contributed by atoms with Crippen LogP contribution in [0.1, 0.15) is 11.1 Å². The predicted molar refractivity (Wildman–Crippen MR) is 53.4 cm³/mol. The number of hydrogen-bond acceptors (Lipinski definition) is 2. The van der Waals surface area contributed by atoms with Crippen LogP contribution in [0.2, 0.25) is 5.02 Å². The molecule has 0 saturated heterocycles. The quantitative estimate of drug-likeness (QED) is 0.728. The van der Waals surface area contributed by atoms with Gasteiger partial charge in [-0.2, -0.15) is 17.0 Å². The van der Waals surface area contributed by atoms with E-state index in [2.05, 4.69) is 6.07 Å². The first-order valence-corrected chi connectivity index (χ1v) is 5.23. The molecular formula is C9H8ClNS. The minimum atomic E-state index is 0.678. The van der Waals surface area contributed by atoms with Gasteiger partial charge in [0.2, 0.25) is 0 Å². The Morgan fingerprint density at radius 1 is 1.58 bits per heavy atom. The maximum Gasteiger partial charge on any atom is 0.0995 e. The van der Waals surface area contributed by atoms with E-state index in [1.165, 1.54) is 0 Å². The molecule has 1 aromatic rings. The number of nitrogens with zero attached hydrogens (tertiary/aromatic N) is 1. The number of benzene rings is 1. The van der Waals surface area contributed by atoms with E-state index >= 15 is 0 Å². The summed E-state index contributed by atoms with van der Waals surface area (Å²) in [6, 6.07) is 7.52. The maximum atomic E-state index is 8.75. The summed E-state index contributed by atoms with van der Waals surface area (Å²) in [5.41, 5.74) is 1.62. The molecule has 0 bridgehead atoms. The molecule has 0 spiro atoms. The summed E-state index contributed by atoms with van der Waals surface area (Å²) >= 11 is 7.59. The summed E-state index contributed by atoms with van der Waals surface area (Å²) in [6.07, 6.45) is 1.99. The Hall–Kier alpha value is -0.650. The molecule has 0 radical (unpaired) electrons. The van der Waals surface area contributed by atoms with Gasteiger partial charge in [-0.1, -0.05) is 17.7 Å². The molecule has 0 amide bonds. The van der Waals surface area contributed by atoms with E-state index in [9.17, 15) is 0 Å². The van der Waals surface area contributed by atoms with Crippen LogP contribution in [0.3, 0.4) is 0 Å². The van der Waals surface area contributed by atoms with Crippen molar-refractivity contribution >= 4 is 23.4 Å². The largest absolute Gasteiger partial charge is 0.192 e. The first kappa shape index (κ1) is 9.44. The van der Waals surface area contributed by atoms with Crippen molar-refractivity contribution in [3.05, 3.63) is 34.3 Å². The average Bonchev–Trinajstić information content (AvgIpc) is 2.09. The lowest BCUT2D eigenvalue weighted by Gasteiger charge is -2.03. The summed E-state index contributed by atoms with van der Waals surface area (Å²) in [7, 11) is 0. The van der Waals surface area contributed by atoms with Crippen molar-refractivity contribution in [3.8, 4) is 6.07 Å². The van der Waals surface area contributed by atoms with E-state index in [1.807, 2.05) is 12.3 Å². The third-order valence-corrected chi connectivity index (χ3v) is 2.46. The van der Waals surface area contributed by atoms with Crippen LogP contribution in [0.5, 0.6) is 0 Å². The Morgan fingerprint density at radius 2 is 2.33 bits per heavy atom. The molecule has 0 atom stereocenters. The molecular weight excluding hydrogens is 190 g/mol. The summed E-state index contributed by atoms with van der Waals surface area (Å²) in [5.74, 6) is 0.794. The molecule has 1 aromatic carbocycles. The molecule has 0 unspecified atom stereocenters. The van der Waals surface area contributed by atoms with Crippen LogP contribution < -0.4 is 0 Å². The summed E-state index contributed by atoms with van der Waals surface area (Å²) in [6.45, 7) is 0. The van der Waals surface area contributed by atoms with Gasteiger partial charge in [0.1, 0.15) is 0 Å². The topological polar surface area (TPSA) is 23.8 Å². The molecule has 0 aliphatic heterocycles. The highest BCUT2D eigenvalue weighted by atomic mass is 35.5. The molecule has 0 heterocycles. The van der Waals surface area contributed by atoms with E-state index in [-0.39, 0.29) is 0 Å². The number of rotatable bonds is 2. The monoisotopic (exact) mass is 197 g/mol. The summed E-state index contributed by atoms with van der Waals surface area (Å²) in [4.78, 5) is 0. The fourth-order valence-corrected chi connectivity index (χ4v) is 1.87. The molecule has 1 rings (SSSR count). The van der Waals surface area contributed by atoms with Gasteiger partial charge in [-0.05, 0) is 24.0 Å². The van der Waals surface area contributed by atoms with Gasteiger partial charge in [-0.3, -0.25) is 0 Å². The SMILES string of the molecule is CSCc1c(Cl)cccc1C#N. The number of thioether (sulfide) groups is 1. The van der Waals surface area contributed by atoms with Crippen molar-refractivity contribution in [2.75, 3.05) is 6.26 Å². The molecule has 0 aliphatic rings. The number of hydrogen-bond donors (Lipinski definition) is 0. The Labute approximate surface area is 81.3 Å². The highest BCUT2D eigenvalue weighted by molar-refractivity contribution is 7.97. The zero-order chi connectivity index (χ0) is 8.97. The maximum absolute atomic E-state index is 8.75. The lowest BCUT2D eigenvalue weighted by molar-refractivity contribution is 1.36. The molecule has 0 N–H and O–H groups in total. The second kappa shape index (κ2) is 4.39. The van der Waals surface area contributed by atoms with Crippen LogP contribution >= 0.6 is 23.4 Å². The van der Waals surface area contributed by atoms with Gasteiger partial charge >= 0.3 is 0 Å². The van der Waals surface area contributed by atoms with Crippen LogP contribution in [-0.2, 0) is 5.75 Å². The van der Waals surface area contributed by atoms with Crippen LogP contribution in [0.4, 0.5) is 0 Å². The third kappa shape index (κ3) is 1.94. The van der Waals surface area contributed by atoms with Gasteiger partial charge in [0, 0.05) is 10.8 Å². The first-order valence-electron chi connectivity index (χ1n) is 3.46.